The Kier molecular flexibility index (Phi) is 6.27. The minimum atomic E-state index is -0.164. The summed E-state index contributed by atoms with van der Waals surface area (Å²) >= 11 is 7.84. The molecule has 1 fully saturated rings. The summed E-state index contributed by atoms with van der Waals surface area (Å²) in [5.74, 6) is -0.164. The molecule has 2 aromatic carbocycles. The average molecular weight is 375 g/mol. The van der Waals surface area contributed by atoms with E-state index in [1.807, 2.05) is 36.6 Å². The van der Waals surface area contributed by atoms with E-state index in [2.05, 4.69) is 16.3 Å². The highest BCUT2D eigenvalue weighted by Gasteiger charge is 2.17. The van der Waals surface area contributed by atoms with Gasteiger partial charge < -0.3 is 10.2 Å². The summed E-state index contributed by atoms with van der Waals surface area (Å²) in [6.07, 6.45) is 6.94. The van der Waals surface area contributed by atoms with Crippen molar-refractivity contribution < 1.29 is 4.79 Å². The van der Waals surface area contributed by atoms with Gasteiger partial charge >= 0.3 is 0 Å². The summed E-state index contributed by atoms with van der Waals surface area (Å²) in [5.41, 5.74) is 2.45. The largest absolute Gasteiger partial charge is 0.370 e. The molecule has 0 bridgehead atoms. The smallest absolute Gasteiger partial charge is 0.257 e. The number of benzene rings is 2. The van der Waals surface area contributed by atoms with Crippen molar-refractivity contribution in [1.29, 1.82) is 0 Å². The predicted molar refractivity (Wildman–Crippen MR) is 108 cm³/mol. The van der Waals surface area contributed by atoms with E-state index in [9.17, 15) is 4.79 Å². The van der Waals surface area contributed by atoms with E-state index in [0.29, 0.717) is 10.6 Å². The number of thioether (sulfide) groups is 1. The summed E-state index contributed by atoms with van der Waals surface area (Å²) in [4.78, 5) is 16.2. The molecular formula is C20H23ClN2OS. The first kappa shape index (κ1) is 18.2. The number of hydrogen-bond acceptors (Lipinski definition) is 3. The van der Waals surface area contributed by atoms with Gasteiger partial charge in [-0.05, 0) is 49.4 Å². The van der Waals surface area contributed by atoms with Crippen molar-refractivity contribution in [2.24, 2.45) is 0 Å². The lowest BCUT2D eigenvalue weighted by Crippen LogP contribution is -2.25. The summed E-state index contributed by atoms with van der Waals surface area (Å²) in [6.45, 7) is 2.07. The van der Waals surface area contributed by atoms with Crippen molar-refractivity contribution in [3.05, 3.63) is 53.1 Å². The van der Waals surface area contributed by atoms with Gasteiger partial charge in [0.2, 0.25) is 0 Å². The molecule has 0 aliphatic carbocycles. The molecule has 0 atom stereocenters. The molecule has 3 rings (SSSR count). The van der Waals surface area contributed by atoms with Crippen LogP contribution < -0.4 is 10.2 Å². The van der Waals surface area contributed by atoms with E-state index in [4.69, 9.17) is 11.6 Å². The molecule has 132 valence electrons. The van der Waals surface area contributed by atoms with Crippen LogP contribution in [0.15, 0.2) is 47.4 Å². The summed E-state index contributed by atoms with van der Waals surface area (Å²) in [7, 11) is 0. The highest BCUT2D eigenvalue weighted by molar-refractivity contribution is 7.98. The summed E-state index contributed by atoms with van der Waals surface area (Å²) in [5, 5.41) is 3.54. The number of para-hydroxylation sites is 2. The van der Waals surface area contributed by atoms with Crippen LogP contribution in [0.3, 0.4) is 0 Å². The van der Waals surface area contributed by atoms with E-state index >= 15 is 0 Å². The van der Waals surface area contributed by atoms with Gasteiger partial charge in [0.05, 0.1) is 22.0 Å². The summed E-state index contributed by atoms with van der Waals surface area (Å²) < 4.78 is 0. The highest BCUT2D eigenvalue weighted by Crippen LogP contribution is 2.30. The molecule has 3 nitrogen and oxygen atoms in total. The third-order valence-electron chi connectivity index (χ3n) is 4.52. The van der Waals surface area contributed by atoms with Crippen LogP contribution in [0, 0.1) is 0 Å². The maximum absolute atomic E-state index is 12.8. The van der Waals surface area contributed by atoms with Gasteiger partial charge in [-0.25, -0.2) is 0 Å². The zero-order chi connectivity index (χ0) is 17.6. The van der Waals surface area contributed by atoms with E-state index in [-0.39, 0.29) is 5.91 Å². The van der Waals surface area contributed by atoms with Crippen LogP contribution in [-0.4, -0.2) is 25.3 Å². The van der Waals surface area contributed by atoms with Crippen molar-refractivity contribution >= 4 is 40.6 Å². The van der Waals surface area contributed by atoms with Crippen molar-refractivity contribution in [1.82, 2.24) is 0 Å². The van der Waals surface area contributed by atoms with Gasteiger partial charge in [0.1, 0.15) is 0 Å². The Morgan fingerprint density at radius 2 is 1.80 bits per heavy atom. The van der Waals surface area contributed by atoms with Crippen molar-refractivity contribution in [2.45, 2.75) is 30.6 Å². The molecule has 5 heteroatoms. The number of nitrogens with zero attached hydrogens (tertiary/aromatic N) is 1. The second-order valence-electron chi connectivity index (χ2n) is 6.22. The molecule has 2 aromatic rings. The van der Waals surface area contributed by atoms with Gasteiger partial charge in [-0.15, -0.1) is 11.8 Å². The maximum Gasteiger partial charge on any atom is 0.257 e. The Labute approximate surface area is 158 Å². The molecule has 0 radical (unpaired) electrons. The van der Waals surface area contributed by atoms with Crippen LogP contribution in [0.25, 0.3) is 0 Å². The van der Waals surface area contributed by atoms with Crippen LogP contribution in [0.1, 0.15) is 36.0 Å². The van der Waals surface area contributed by atoms with Crippen LogP contribution in [0.5, 0.6) is 0 Å². The lowest BCUT2D eigenvalue weighted by molar-refractivity contribution is 0.102. The van der Waals surface area contributed by atoms with E-state index in [1.54, 1.807) is 17.8 Å². The first-order chi connectivity index (χ1) is 12.2. The average Bonchev–Trinajstić information content (AvgIpc) is 2.92. The normalized spacial score (nSPS) is 14.9. The van der Waals surface area contributed by atoms with E-state index < -0.39 is 0 Å². The van der Waals surface area contributed by atoms with Crippen LogP contribution in [0.2, 0.25) is 5.02 Å². The van der Waals surface area contributed by atoms with E-state index in [0.717, 1.165) is 29.4 Å². The zero-order valence-corrected chi connectivity index (χ0v) is 16.0. The topological polar surface area (TPSA) is 32.3 Å². The third-order valence-corrected chi connectivity index (χ3v) is 5.57. The number of rotatable bonds is 4. The standard InChI is InChI=1S/C20H23ClN2OS/c1-25-15-10-11-17(21)16(14-15)20(24)22-18-8-4-5-9-19(18)23-12-6-2-3-7-13-23/h4-5,8-11,14H,2-3,6-7,12-13H2,1H3,(H,22,24). The van der Waals surface area contributed by atoms with Gasteiger partial charge in [0, 0.05) is 18.0 Å². The Hall–Kier alpha value is -1.65. The Morgan fingerprint density at radius 3 is 2.52 bits per heavy atom. The molecule has 1 aliphatic heterocycles. The van der Waals surface area contributed by atoms with Gasteiger partial charge in [0.15, 0.2) is 0 Å². The second-order valence-corrected chi connectivity index (χ2v) is 7.51. The van der Waals surface area contributed by atoms with Gasteiger partial charge in [-0.2, -0.15) is 0 Å². The number of anilines is 2. The van der Waals surface area contributed by atoms with Crippen molar-refractivity contribution in [3.63, 3.8) is 0 Å². The van der Waals surface area contributed by atoms with Crippen LogP contribution in [0.4, 0.5) is 11.4 Å². The lowest BCUT2D eigenvalue weighted by atomic mass is 10.2. The molecule has 0 aromatic heterocycles. The van der Waals surface area contributed by atoms with E-state index in [1.165, 1.54) is 25.7 Å². The Balaban J connectivity index is 1.84. The van der Waals surface area contributed by atoms with Crippen molar-refractivity contribution in [3.8, 4) is 0 Å². The van der Waals surface area contributed by atoms with Gasteiger partial charge in [-0.3, -0.25) is 4.79 Å². The Morgan fingerprint density at radius 1 is 1.08 bits per heavy atom. The number of halogens is 1. The third kappa shape index (κ3) is 4.50. The fourth-order valence-corrected chi connectivity index (χ4v) is 3.80. The van der Waals surface area contributed by atoms with Gasteiger partial charge in [0.25, 0.3) is 5.91 Å². The summed E-state index contributed by atoms with van der Waals surface area (Å²) in [6, 6.07) is 13.6. The minimum Gasteiger partial charge on any atom is -0.370 e. The molecule has 0 unspecified atom stereocenters. The molecular weight excluding hydrogens is 352 g/mol. The molecule has 1 saturated heterocycles. The first-order valence-electron chi connectivity index (χ1n) is 8.68. The lowest BCUT2D eigenvalue weighted by Gasteiger charge is -2.25. The fraction of sp³-hybridized carbons (Fsp3) is 0.350. The molecule has 1 N–H and O–H groups in total. The number of amides is 1. The van der Waals surface area contributed by atoms with Gasteiger partial charge in [-0.1, -0.05) is 36.6 Å². The molecule has 1 aliphatic rings. The fourth-order valence-electron chi connectivity index (χ4n) is 3.16. The molecule has 25 heavy (non-hydrogen) atoms. The quantitative estimate of drug-likeness (QED) is 0.697. The number of carbonyl (C=O) groups is 1. The highest BCUT2D eigenvalue weighted by atomic mass is 35.5. The molecule has 0 saturated carbocycles. The minimum absolute atomic E-state index is 0.164. The van der Waals surface area contributed by atoms with Crippen LogP contribution >= 0.6 is 23.4 Å². The number of nitrogens with one attached hydrogen (secondary N) is 1. The zero-order valence-electron chi connectivity index (χ0n) is 14.4. The van der Waals surface area contributed by atoms with Crippen molar-refractivity contribution in [2.75, 3.05) is 29.6 Å². The molecule has 1 heterocycles. The molecule has 0 spiro atoms. The van der Waals surface area contributed by atoms with Crippen LogP contribution in [-0.2, 0) is 0 Å². The monoisotopic (exact) mass is 374 g/mol. The number of hydrogen-bond donors (Lipinski definition) is 1. The Bertz CT molecular complexity index is 742. The maximum atomic E-state index is 12.8. The molecule has 1 amide bonds. The second kappa shape index (κ2) is 8.63. The SMILES string of the molecule is CSc1ccc(Cl)c(C(=O)Nc2ccccc2N2CCCCCC2)c1. The number of carbonyl (C=O) groups excluding carboxylic acids is 1. The first-order valence-corrected chi connectivity index (χ1v) is 10.3. The predicted octanol–water partition coefficient (Wildman–Crippen LogP) is 5.69.